The van der Waals surface area contributed by atoms with Gasteiger partial charge in [0, 0.05) is 6.54 Å². The number of anilines is 1. The fourth-order valence-corrected chi connectivity index (χ4v) is 2.65. The Labute approximate surface area is 122 Å². The molecule has 4 nitrogen and oxygen atoms in total. The van der Waals surface area contributed by atoms with Gasteiger partial charge in [0.1, 0.15) is 18.3 Å². The smallest absolute Gasteiger partial charge is 0.138 e. The molecule has 1 aromatic carbocycles. The standard InChI is InChI=1S/C13H17ClN4S/c1-2-19-8-4-7-16-12-6-3-5-11(14)13(12)18-10-15-9-17-18/h3,5-6,9-10,16H,2,4,7-8H2,1H3. The molecule has 0 fully saturated rings. The van der Waals surface area contributed by atoms with Crippen molar-refractivity contribution < 1.29 is 0 Å². The number of halogens is 1. The zero-order chi connectivity index (χ0) is 13.5. The Morgan fingerprint density at radius 1 is 1.42 bits per heavy atom. The summed E-state index contributed by atoms with van der Waals surface area (Å²) >= 11 is 8.21. The Bertz CT molecular complexity index is 501. The molecule has 0 radical (unpaired) electrons. The van der Waals surface area contributed by atoms with E-state index in [4.69, 9.17) is 11.6 Å². The molecule has 6 heteroatoms. The minimum absolute atomic E-state index is 0.665. The molecule has 0 bridgehead atoms. The first-order valence-electron chi connectivity index (χ1n) is 6.28. The average Bonchev–Trinajstić information content (AvgIpc) is 2.92. The molecule has 0 atom stereocenters. The molecule has 0 aliphatic heterocycles. The number of thioether (sulfide) groups is 1. The maximum Gasteiger partial charge on any atom is 0.138 e. The van der Waals surface area contributed by atoms with Crippen molar-refractivity contribution in [2.24, 2.45) is 0 Å². The van der Waals surface area contributed by atoms with Crippen LogP contribution in [0.15, 0.2) is 30.9 Å². The third kappa shape index (κ3) is 3.88. The molecule has 2 aromatic rings. The Morgan fingerprint density at radius 2 is 2.32 bits per heavy atom. The molecule has 1 aromatic heterocycles. The first-order valence-corrected chi connectivity index (χ1v) is 7.81. The molecule has 0 spiro atoms. The summed E-state index contributed by atoms with van der Waals surface area (Å²) in [4.78, 5) is 3.96. The number of benzene rings is 1. The van der Waals surface area contributed by atoms with E-state index < -0.39 is 0 Å². The van der Waals surface area contributed by atoms with Crippen molar-refractivity contribution in [2.75, 3.05) is 23.4 Å². The van der Waals surface area contributed by atoms with E-state index in [2.05, 4.69) is 22.3 Å². The number of aromatic nitrogens is 3. The van der Waals surface area contributed by atoms with E-state index in [9.17, 15) is 0 Å². The Balaban J connectivity index is 2.06. The van der Waals surface area contributed by atoms with Crippen LogP contribution in [0.4, 0.5) is 5.69 Å². The number of nitrogens with zero attached hydrogens (tertiary/aromatic N) is 3. The lowest BCUT2D eigenvalue weighted by Gasteiger charge is -2.13. The fourth-order valence-electron chi connectivity index (χ4n) is 1.76. The summed E-state index contributed by atoms with van der Waals surface area (Å²) in [5.74, 6) is 2.34. The minimum atomic E-state index is 0.665. The summed E-state index contributed by atoms with van der Waals surface area (Å²) in [5.41, 5.74) is 1.84. The normalized spacial score (nSPS) is 10.6. The number of hydrogen-bond acceptors (Lipinski definition) is 4. The largest absolute Gasteiger partial charge is 0.383 e. The van der Waals surface area contributed by atoms with Crippen LogP contribution >= 0.6 is 23.4 Å². The number of nitrogens with one attached hydrogen (secondary N) is 1. The highest BCUT2D eigenvalue weighted by atomic mass is 35.5. The zero-order valence-electron chi connectivity index (χ0n) is 10.8. The second-order valence-electron chi connectivity index (χ2n) is 3.95. The van der Waals surface area contributed by atoms with Crippen molar-refractivity contribution in [1.29, 1.82) is 0 Å². The summed E-state index contributed by atoms with van der Waals surface area (Å²) in [6.07, 6.45) is 4.28. The van der Waals surface area contributed by atoms with E-state index in [1.807, 2.05) is 30.0 Å². The summed E-state index contributed by atoms with van der Waals surface area (Å²) in [5, 5.41) is 8.22. The molecule has 0 saturated heterocycles. The van der Waals surface area contributed by atoms with Gasteiger partial charge in [0.25, 0.3) is 0 Å². The second kappa shape index (κ2) is 7.40. The Hall–Kier alpha value is -1.20. The lowest BCUT2D eigenvalue weighted by molar-refractivity contribution is 0.875. The minimum Gasteiger partial charge on any atom is -0.383 e. The molecule has 102 valence electrons. The molecule has 0 saturated carbocycles. The summed E-state index contributed by atoms with van der Waals surface area (Å²) in [6, 6.07) is 5.80. The monoisotopic (exact) mass is 296 g/mol. The van der Waals surface area contributed by atoms with Crippen molar-refractivity contribution in [3.8, 4) is 5.69 Å². The zero-order valence-corrected chi connectivity index (χ0v) is 12.4. The van der Waals surface area contributed by atoms with Gasteiger partial charge in [-0.25, -0.2) is 9.67 Å². The van der Waals surface area contributed by atoms with E-state index in [-0.39, 0.29) is 0 Å². The Morgan fingerprint density at radius 3 is 3.05 bits per heavy atom. The third-order valence-corrected chi connectivity index (χ3v) is 3.91. The molecule has 0 aliphatic carbocycles. The summed E-state index contributed by atoms with van der Waals surface area (Å²) < 4.78 is 1.69. The second-order valence-corrected chi connectivity index (χ2v) is 5.75. The summed E-state index contributed by atoms with van der Waals surface area (Å²) in [6.45, 7) is 3.10. The van der Waals surface area contributed by atoms with Crippen LogP contribution in [0.3, 0.4) is 0 Å². The van der Waals surface area contributed by atoms with Crippen molar-refractivity contribution in [3.63, 3.8) is 0 Å². The van der Waals surface area contributed by atoms with Crippen LogP contribution < -0.4 is 5.32 Å². The van der Waals surface area contributed by atoms with Crippen molar-refractivity contribution in [1.82, 2.24) is 14.8 Å². The fraction of sp³-hybridized carbons (Fsp3) is 0.385. The highest BCUT2D eigenvalue weighted by molar-refractivity contribution is 7.99. The lowest BCUT2D eigenvalue weighted by atomic mass is 10.2. The van der Waals surface area contributed by atoms with Crippen molar-refractivity contribution in [3.05, 3.63) is 35.9 Å². The van der Waals surface area contributed by atoms with Gasteiger partial charge in [-0.1, -0.05) is 24.6 Å². The average molecular weight is 297 g/mol. The summed E-state index contributed by atoms with van der Waals surface area (Å²) in [7, 11) is 0. The molecular weight excluding hydrogens is 280 g/mol. The SMILES string of the molecule is CCSCCCNc1cccc(Cl)c1-n1cncn1. The van der Waals surface area contributed by atoms with Gasteiger partial charge in [-0.3, -0.25) is 0 Å². The lowest BCUT2D eigenvalue weighted by Crippen LogP contribution is -2.07. The predicted molar refractivity (Wildman–Crippen MR) is 82.5 cm³/mol. The van der Waals surface area contributed by atoms with Gasteiger partial charge >= 0.3 is 0 Å². The van der Waals surface area contributed by atoms with Crippen molar-refractivity contribution in [2.45, 2.75) is 13.3 Å². The van der Waals surface area contributed by atoms with Gasteiger partial charge in [0.15, 0.2) is 0 Å². The van der Waals surface area contributed by atoms with E-state index in [0.29, 0.717) is 5.02 Å². The highest BCUT2D eigenvalue weighted by Crippen LogP contribution is 2.27. The molecule has 1 N–H and O–H groups in total. The van der Waals surface area contributed by atoms with Crippen LogP contribution in [0.25, 0.3) is 5.69 Å². The van der Waals surface area contributed by atoms with Gasteiger partial charge in [-0.2, -0.15) is 16.9 Å². The first kappa shape index (κ1) is 14.2. The van der Waals surface area contributed by atoms with Crippen LogP contribution in [-0.2, 0) is 0 Å². The molecular formula is C13H17ClN4S. The molecule has 1 heterocycles. The molecule has 0 aliphatic rings. The van der Waals surface area contributed by atoms with Crippen LogP contribution in [0.5, 0.6) is 0 Å². The van der Waals surface area contributed by atoms with E-state index in [1.54, 1.807) is 11.0 Å². The molecule has 0 unspecified atom stereocenters. The highest BCUT2D eigenvalue weighted by Gasteiger charge is 2.09. The molecule has 2 rings (SSSR count). The first-order chi connectivity index (χ1) is 9.33. The van der Waals surface area contributed by atoms with Gasteiger partial charge in [-0.05, 0) is 30.1 Å². The van der Waals surface area contributed by atoms with Gasteiger partial charge < -0.3 is 5.32 Å². The predicted octanol–water partition coefficient (Wildman–Crippen LogP) is 3.48. The van der Waals surface area contributed by atoms with Crippen molar-refractivity contribution >= 4 is 29.1 Å². The van der Waals surface area contributed by atoms with Crippen LogP contribution in [0, 0.1) is 0 Å². The van der Waals surface area contributed by atoms with Gasteiger partial charge in [-0.15, -0.1) is 0 Å². The van der Waals surface area contributed by atoms with E-state index in [1.165, 1.54) is 17.8 Å². The van der Waals surface area contributed by atoms with Gasteiger partial charge in [0.2, 0.25) is 0 Å². The maximum atomic E-state index is 6.25. The van der Waals surface area contributed by atoms with E-state index >= 15 is 0 Å². The Kier molecular flexibility index (Phi) is 5.54. The van der Waals surface area contributed by atoms with Crippen LogP contribution in [0.1, 0.15) is 13.3 Å². The third-order valence-electron chi connectivity index (χ3n) is 2.62. The maximum absolute atomic E-state index is 6.25. The van der Waals surface area contributed by atoms with Gasteiger partial charge in [0.05, 0.1) is 10.7 Å². The quantitative estimate of drug-likeness (QED) is 0.795. The number of para-hydroxylation sites is 1. The number of hydrogen-bond donors (Lipinski definition) is 1. The van der Waals surface area contributed by atoms with E-state index in [0.717, 1.165) is 24.3 Å². The van der Waals surface area contributed by atoms with Crippen LogP contribution in [0.2, 0.25) is 5.02 Å². The molecule has 0 amide bonds. The number of rotatable bonds is 7. The van der Waals surface area contributed by atoms with Crippen LogP contribution in [-0.4, -0.2) is 32.8 Å². The topological polar surface area (TPSA) is 42.7 Å². The molecule has 19 heavy (non-hydrogen) atoms.